The number of hydrogen-bond donors (Lipinski definition) is 1. The number of benzene rings is 1. The Kier molecular flexibility index (Phi) is 5.71. The Balaban J connectivity index is 1.68. The van der Waals surface area contributed by atoms with E-state index >= 15 is 0 Å². The molecule has 1 fully saturated rings. The number of nitrogens with zero attached hydrogens (tertiary/aromatic N) is 2. The number of hydrogen-bond acceptors (Lipinski definition) is 3. The van der Waals surface area contributed by atoms with Crippen LogP contribution in [0.5, 0.6) is 0 Å². The Labute approximate surface area is 150 Å². The molecular formula is C19H25N3O2S. The number of nitrogens with one attached hydrogen (secondary N) is 1. The van der Waals surface area contributed by atoms with Crippen molar-refractivity contribution in [2.75, 3.05) is 17.8 Å². The standard InChI is InChI=1S/C19H25N3O2S/c1-2-18-11-6-12-19(20-18)21-25(23,24)22-14-7-10-17(13-15-22)16-8-4-3-5-9-16/h3-6,8-9,11-12,17H,2,7,10,13-15H2,1H3,(H,20,21). The van der Waals surface area contributed by atoms with Gasteiger partial charge in [0.1, 0.15) is 5.82 Å². The largest absolute Gasteiger partial charge is 0.302 e. The van der Waals surface area contributed by atoms with E-state index in [9.17, 15) is 8.42 Å². The van der Waals surface area contributed by atoms with Crippen LogP contribution >= 0.6 is 0 Å². The summed E-state index contributed by atoms with van der Waals surface area (Å²) in [5.41, 5.74) is 2.17. The van der Waals surface area contributed by atoms with E-state index in [-0.39, 0.29) is 0 Å². The fourth-order valence-corrected chi connectivity index (χ4v) is 4.52. The zero-order valence-electron chi connectivity index (χ0n) is 14.6. The maximum atomic E-state index is 12.7. The molecule has 0 bridgehead atoms. The quantitative estimate of drug-likeness (QED) is 0.888. The summed E-state index contributed by atoms with van der Waals surface area (Å²) in [7, 11) is -3.57. The van der Waals surface area contributed by atoms with Crippen LogP contribution in [0, 0.1) is 0 Å². The minimum Gasteiger partial charge on any atom is -0.254 e. The first-order valence-electron chi connectivity index (χ1n) is 8.87. The van der Waals surface area contributed by atoms with E-state index in [1.807, 2.05) is 37.3 Å². The zero-order chi connectivity index (χ0) is 17.7. The van der Waals surface area contributed by atoms with Gasteiger partial charge in [0, 0.05) is 18.8 Å². The van der Waals surface area contributed by atoms with Gasteiger partial charge in [0.15, 0.2) is 0 Å². The molecule has 0 saturated carbocycles. The van der Waals surface area contributed by atoms with Crippen LogP contribution in [0.15, 0.2) is 48.5 Å². The third kappa shape index (κ3) is 4.58. The van der Waals surface area contributed by atoms with Gasteiger partial charge in [0.25, 0.3) is 0 Å². The summed E-state index contributed by atoms with van der Waals surface area (Å²) in [5.74, 6) is 0.811. The van der Waals surface area contributed by atoms with E-state index in [0.717, 1.165) is 31.4 Å². The van der Waals surface area contributed by atoms with Crippen LogP contribution in [0.25, 0.3) is 0 Å². The van der Waals surface area contributed by atoms with Gasteiger partial charge in [-0.05, 0) is 49.3 Å². The number of rotatable bonds is 5. The second-order valence-electron chi connectivity index (χ2n) is 6.41. The molecule has 1 aliphatic heterocycles. The van der Waals surface area contributed by atoms with E-state index in [1.165, 1.54) is 5.56 Å². The molecule has 1 saturated heterocycles. The minimum absolute atomic E-state index is 0.392. The lowest BCUT2D eigenvalue weighted by Crippen LogP contribution is -2.36. The molecule has 5 nitrogen and oxygen atoms in total. The van der Waals surface area contributed by atoms with Crippen LogP contribution in [0.2, 0.25) is 0 Å². The molecule has 3 rings (SSSR count). The molecule has 1 N–H and O–H groups in total. The molecule has 1 aromatic heterocycles. The molecule has 2 aromatic rings. The highest BCUT2D eigenvalue weighted by atomic mass is 32.2. The lowest BCUT2D eigenvalue weighted by molar-refractivity contribution is 0.425. The molecule has 2 heterocycles. The van der Waals surface area contributed by atoms with Crippen molar-refractivity contribution in [3.63, 3.8) is 0 Å². The van der Waals surface area contributed by atoms with Gasteiger partial charge in [-0.15, -0.1) is 0 Å². The number of aryl methyl sites for hydroxylation is 1. The smallest absolute Gasteiger partial charge is 0.254 e. The Morgan fingerprint density at radius 3 is 2.64 bits per heavy atom. The van der Waals surface area contributed by atoms with Gasteiger partial charge in [0.05, 0.1) is 0 Å². The van der Waals surface area contributed by atoms with Crippen LogP contribution in [0.1, 0.15) is 43.4 Å². The molecule has 134 valence electrons. The summed E-state index contributed by atoms with van der Waals surface area (Å²) < 4.78 is 29.6. The first-order valence-corrected chi connectivity index (χ1v) is 10.3. The summed E-state index contributed by atoms with van der Waals surface area (Å²) in [6.45, 7) is 3.08. The predicted molar refractivity (Wildman–Crippen MR) is 101 cm³/mol. The highest BCUT2D eigenvalue weighted by Gasteiger charge is 2.26. The Morgan fingerprint density at radius 1 is 1.08 bits per heavy atom. The Morgan fingerprint density at radius 2 is 1.88 bits per heavy atom. The second-order valence-corrected chi connectivity index (χ2v) is 8.08. The van der Waals surface area contributed by atoms with Crippen LogP contribution in [0.4, 0.5) is 5.82 Å². The molecule has 25 heavy (non-hydrogen) atoms. The molecule has 1 atom stereocenters. The Hall–Kier alpha value is -1.92. The van der Waals surface area contributed by atoms with Crippen molar-refractivity contribution in [3.8, 4) is 0 Å². The molecule has 0 radical (unpaired) electrons. The van der Waals surface area contributed by atoms with Crippen molar-refractivity contribution in [2.45, 2.75) is 38.5 Å². The molecule has 0 amide bonds. The monoisotopic (exact) mass is 359 g/mol. The molecule has 1 aromatic carbocycles. The fourth-order valence-electron chi connectivity index (χ4n) is 3.30. The average molecular weight is 359 g/mol. The minimum atomic E-state index is -3.57. The number of pyridine rings is 1. The van der Waals surface area contributed by atoms with Gasteiger partial charge in [-0.1, -0.05) is 43.3 Å². The predicted octanol–water partition coefficient (Wildman–Crippen LogP) is 3.57. The zero-order valence-corrected chi connectivity index (χ0v) is 15.4. The van der Waals surface area contributed by atoms with Gasteiger partial charge in [-0.25, -0.2) is 4.98 Å². The number of aromatic nitrogens is 1. The molecular weight excluding hydrogens is 334 g/mol. The van der Waals surface area contributed by atoms with Crippen LogP contribution in [-0.4, -0.2) is 30.8 Å². The van der Waals surface area contributed by atoms with Crippen LogP contribution in [-0.2, 0) is 16.6 Å². The summed E-state index contributed by atoms with van der Waals surface area (Å²) in [6, 6.07) is 15.8. The van der Waals surface area contributed by atoms with Crippen molar-refractivity contribution in [1.29, 1.82) is 0 Å². The van der Waals surface area contributed by atoms with E-state index in [2.05, 4.69) is 21.8 Å². The highest BCUT2D eigenvalue weighted by molar-refractivity contribution is 7.90. The van der Waals surface area contributed by atoms with E-state index in [4.69, 9.17) is 0 Å². The van der Waals surface area contributed by atoms with Crippen molar-refractivity contribution in [2.24, 2.45) is 0 Å². The summed E-state index contributed by atoms with van der Waals surface area (Å²) in [4.78, 5) is 4.34. The van der Waals surface area contributed by atoms with Gasteiger partial charge in [0.2, 0.25) is 0 Å². The third-order valence-corrected chi connectivity index (χ3v) is 6.21. The maximum Gasteiger partial charge on any atom is 0.302 e. The fraction of sp³-hybridized carbons (Fsp3) is 0.421. The van der Waals surface area contributed by atoms with Crippen LogP contribution in [0.3, 0.4) is 0 Å². The van der Waals surface area contributed by atoms with Gasteiger partial charge in [-0.2, -0.15) is 12.7 Å². The van der Waals surface area contributed by atoms with E-state index in [0.29, 0.717) is 24.8 Å². The SMILES string of the molecule is CCc1cccc(NS(=O)(=O)N2CCCC(c3ccccc3)CC2)n1. The lowest BCUT2D eigenvalue weighted by atomic mass is 9.92. The van der Waals surface area contributed by atoms with Crippen LogP contribution < -0.4 is 4.72 Å². The van der Waals surface area contributed by atoms with Crippen molar-refractivity contribution < 1.29 is 8.42 Å². The van der Waals surface area contributed by atoms with E-state index in [1.54, 1.807) is 10.4 Å². The average Bonchev–Trinajstić information content (AvgIpc) is 2.89. The molecule has 1 aliphatic rings. The summed E-state index contributed by atoms with van der Waals surface area (Å²) >= 11 is 0. The van der Waals surface area contributed by atoms with Gasteiger partial charge in [-0.3, -0.25) is 4.72 Å². The first-order chi connectivity index (χ1) is 12.1. The normalized spacial score (nSPS) is 19.3. The van der Waals surface area contributed by atoms with Crippen molar-refractivity contribution in [3.05, 3.63) is 59.8 Å². The maximum absolute atomic E-state index is 12.7. The van der Waals surface area contributed by atoms with Gasteiger partial charge >= 0.3 is 10.2 Å². The Bertz CT molecular complexity index is 793. The highest BCUT2D eigenvalue weighted by Crippen LogP contribution is 2.28. The second kappa shape index (κ2) is 7.97. The molecule has 6 heteroatoms. The molecule has 0 spiro atoms. The first kappa shape index (κ1) is 17.9. The summed E-state index contributed by atoms with van der Waals surface area (Å²) in [6.07, 6.45) is 3.49. The van der Waals surface area contributed by atoms with E-state index < -0.39 is 10.2 Å². The lowest BCUT2D eigenvalue weighted by Gasteiger charge is -2.21. The molecule has 0 aliphatic carbocycles. The van der Waals surface area contributed by atoms with Crippen molar-refractivity contribution in [1.82, 2.24) is 9.29 Å². The number of anilines is 1. The third-order valence-electron chi connectivity index (χ3n) is 4.70. The van der Waals surface area contributed by atoms with Crippen molar-refractivity contribution >= 4 is 16.0 Å². The van der Waals surface area contributed by atoms with Gasteiger partial charge < -0.3 is 0 Å². The topological polar surface area (TPSA) is 62.3 Å². The molecule has 1 unspecified atom stereocenters. The summed E-state index contributed by atoms with van der Waals surface area (Å²) in [5, 5.41) is 0.